The Morgan fingerprint density at radius 1 is 1.00 bits per heavy atom. The highest BCUT2D eigenvalue weighted by atomic mass is 16.5. The summed E-state index contributed by atoms with van der Waals surface area (Å²) in [5.41, 5.74) is 5.39. The summed E-state index contributed by atoms with van der Waals surface area (Å²) >= 11 is 0. The van der Waals surface area contributed by atoms with Crippen molar-refractivity contribution in [3.63, 3.8) is 0 Å². The number of carbonyl (C=O) groups is 1. The molecule has 0 radical (unpaired) electrons. The van der Waals surface area contributed by atoms with Crippen LogP contribution < -0.4 is 14.8 Å². The molecule has 1 unspecified atom stereocenters. The number of rotatable bonds is 9. The number of carbonyl (C=O) groups excluding carboxylic acids is 1. The molecular formula is C32H36N4O4. The molecule has 4 aromatic rings. The van der Waals surface area contributed by atoms with E-state index in [-0.39, 0.29) is 17.9 Å². The third kappa shape index (κ3) is 6.18. The van der Waals surface area contributed by atoms with Gasteiger partial charge in [-0.15, -0.1) is 0 Å². The molecule has 8 heteroatoms. The maximum atomic E-state index is 13.5. The number of nitrogens with one attached hydrogen (secondary N) is 1. The summed E-state index contributed by atoms with van der Waals surface area (Å²) in [5.74, 6) is 2.36. The largest absolute Gasteiger partial charge is 0.493 e. The van der Waals surface area contributed by atoms with Gasteiger partial charge in [0, 0.05) is 11.5 Å². The van der Waals surface area contributed by atoms with Gasteiger partial charge in [-0.25, -0.2) is 0 Å². The van der Waals surface area contributed by atoms with E-state index in [2.05, 4.69) is 64.5 Å². The molecule has 1 saturated heterocycles. The Morgan fingerprint density at radius 3 is 2.45 bits per heavy atom. The Morgan fingerprint density at radius 2 is 1.75 bits per heavy atom. The Hall–Kier alpha value is -4.17. The summed E-state index contributed by atoms with van der Waals surface area (Å²) in [5, 5.41) is 7.52. The summed E-state index contributed by atoms with van der Waals surface area (Å²) in [6.45, 7) is 6.31. The minimum atomic E-state index is -0.180. The van der Waals surface area contributed by atoms with Gasteiger partial charge in [-0.1, -0.05) is 59.3 Å². The van der Waals surface area contributed by atoms with E-state index >= 15 is 0 Å². The summed E-state index contributed by atoms with van der Waals surface area (Å²) in [7, 11) is 3.20. The fourth-order valence-corrected chi connectivity index (χ4v) is 5.35. The molecule has 208 valence electrons. The zero-order valence-corrected chi connectivity index (χ0v) is 23.5. The minimum absolute atomic E-state index is 0.0433. The number of methoxy groups -OCH3 is 2. The van der Waals surface area contributed by atoms with E-state index < -0.39 is 0 Å². The lowest BCUT2D eigenvalue weighted by Gasteiger charge is -2.31. The molecule has 0 saturated carbocycles. The molecule has 2 heterocycles. The number of aryl methyl sites for hydroxylation is 2. The van der Waals surface area contributed by atoms with Crippen molar-refractivity contribution in [2.75, 3.05) is 27.3 Å². The average Bonchev–Trinajstić information content (AvgIpc) is 3.45. The number of piperidine rings is 1. The maximum Gasteiger partial charge on any atom is 0.241 e. The van der Waals surface area contributed by atoms with E-state index in [1.807, 2.05) is 36.4 Å². The molecule has 0 spiro atoms. The first-order chi connectivity index (χ1) is 19.4. The van der Waals surface area contributed by atoms with E-state index in [0.29, 0.717) is 29.8 Å². The van der Waals surface area contributed by atoms with Gasteiger partial charge in [0.2, 0.25) is 17.6 Å². The van der Waals surface area contributed by atoms with Gasteiger partial charge in [-0.05, 0) is 74.7 Å². The smallest absolute Gasteiger partial charge is 0.241 e. The minimum Gasteiger partial charge on any atom is -0.493 e. The number of nitrogens with zero attached hydrogens (tertiary/aromatic N) is 3. The zero-order chi connectivity index (χ0) is 28.1. The van der Waals surface area contributed by atoms with Crippen LogP contribution in [-0.2, 0) is 11.3 Å². The van der Waals surface area contributed by atoms with Crippen LogP contribution in [-0.4, -0.2) is 48.3 Å². The van der Waals surface area contributed by atoms with Crippen molar-refractivity contribution >= 4 is 5.91 Å². The van der Waals surface area contributed by atoms with Gasteiger partial charge in [0.25, 0.3) is 0 Å². The second-order valence-corrected chi connectivity index (χ2v) is 10.3. The molecule has 1 aliphatic heterocycles. The van der Waals surface area contributed by atoms with E-state index in [0.717, 1.165) is 42.6 Å². The molecule has 1 aromatic heterocycles. The van der Waals surface area contributed by atoms with Gasteiger partial charge in [-0.3, -0.25) is 9.69 Å². The fraction of sp³-hybridized carbons (Fsp3) is 0.344. The number of aromatic nitrogens is 2. The van der Waals surface area contributed by atoms with Crippen molar-refractivity contribution in [2.45, 2.75) is 39.3 Å². The summed E-state index contributed by atoms with van der Waals surface area (Å²) < 4.78 is 16.2. The second kappa shape index (κ2) is 12.3. The van der Waals surface area contributed by atoms with E-state index in [1.54, 1.807) is 14.2 Å². The molecule has 0 bridgehead atoms. The maximum absolute atomic E-state index is 13.5. The highest BCUT2D eigenvalue weighted by Gasteiger charge is 2.28. The van der Waals surface area contributed by atoms with E-state index in [1.165, 1.54) is 11.1 Å². The molecule has 0 aliphatic carbocycles. The molecule has 1 fully saturated rings. The van der Waals surface area contributed by atoms with Crippen LogP contribution >= 0.6 is 0 Å². The number of hydrogen-bond acceptors (Lipinski definition) is 7. The Labute approximate surface area is 235 Å². The highest BCUT2D eigenvalue weighted by Crippen LogP contribution is 2.32. The van der Waals surface area contributed by atoms with Gasteiger partial charge in [0.05, 0.1) is 26.8 Å². The van der Waals surface area contributed by atoms with Crippen molar-refractivity contribution in [3.05, 3.63) is 94.9 Å². The third-order valence-electron chi connectivity index (χ3n) is 7.58. The standard InChI is InChI=1S/C32H36N4O4/c1-21-10-12-26(22(2)18-21)30(23-8-6-5-7-9-23)34-32(37)24-14-16-36(17-15-24)20-29-33-31(35-40-29)25-11-13-27(38-3)28(19-25)39-4/h5-13,18-19,24,30H,14-17,20H2,1-4H3,(H,34,37). The van der Waals surface area contributed by atoms with Crippen molar-refractivity contribution in [1.82, 2.24) is 20.4 Å². The van der Waals surface area contributed by atoms with Crippen LogP contribution in [0.25, 0.3) is 11.4 Å². The first-order valence-corrected chi connectivity index (χ1v) is 13.6. The summed E-state index contributed by atoms with van der Waals surface area (Å²) in [4.78, 5) is 20.3. The number of likely N-dealkylation sites (tertiary alicyclic amines) is 1. The van der Waals surface area contributed by atoms with Crippen LogP contribution in [0.5, 0.6) is 11.5 Å². The molecule has 1 aliphatic rings. The molecule has 40 heavy (non-hydrogen) atoms. The van der Waals surface area contributed by atoms with Crippen LogP contribution in [0.15, 0.2) is 71.3 Å². The van der Waals surface area contributed by atoms with Gasteiger partial charge < -0.3 is 19.3 Å². The Bertz CT molecular complexity index is 1440. The number of hydrogen-bond donors (Lipinski definition) is 1. The molecule has 1 amide bonds. The summed E-state index contributed by atoms with van der Waals surface area (Å²) in [6, 6.07) is 22.0. The van der Waals surface area contributed by atoms with Crippen molar-refractivity contribution in [2.24, 2.45) is 5.92 Å². The lowest BCUT2D eigenvalue weighted by Crippen LogP contribution is -2.41. The predicted octanol–water partition coefficient (Wildman–Crippen LogP) is 5.49. The van der Waals surface area contributed by atoms with Gasteiger partial charge >= 0.3 is 0 Å². The average molecular weight is 541 g/mol. The first-order valence-electron chi connectivity index (χ1n) is 13.6. The van der Waals surface area contributed by atoms with Gasteiger partial charge in [0.15, 0.2) is 11.5 Å². The van der Waals surface area contributed by atoms with Gasteiger partial charge in [0.1, 0.15) is 0 Å². The molecular weight excluding hydrogens is 504 g/mol. The highest BCUT2D eigenvalue weighted by molar-refractivity contribution is 5.79. The molecule has 3 aromatic carbocycles. The molecule has 8 nitrogen and oxygen atoms in total. The van der Waals surface area contributed by atoms with Crippen molar-refractivity contribution in [1.29, 1.82) is 0 Å². The lowest BCUT2D eigenvalue weighted by atomic mass is 9.91. The molecule has 5 rings (SSSR count). The number of amides is 1. The predicted molar refractivity (Wildman–Crippen MR) is 153 cm³/mol. The van der Waals surface area contributed by atoms with E-state index in [4.69, 9.17) is 14.0 Å². The van der Waals surface area contributed by atoms with Crippen LogP contribution in [0.2, 0.25) is 0 Å². The Kier molecular flexibility index (Phi) is 8.45. The fourth-order valence-electron chi connectivity index (χ4n) is 5.35. The molecule has 1 N–H and O–H groups in total. The first kappa shape index (κ1) is 27.4. The summed E-state index contributed by atoms with van der Waals surface area (Å²) in [6.07, 6.45) is 1.55. The number of ether oxygens (including phenoxy) is 2. The van der Waals surface area contributed by atoms with Crippen molar-refractivity contribution in [3.8, 4) is 22.9 Å². The molecule has 1 atom stereocenters. The van der Waals surface area contributed by atoms with E-state index in [9.17, 15) is 4.79 Å². The third-order valence-corrected chi connectivity index (χ3v) is 7.58. The van der Waals surface area contributed by atoms with Crippen LogP contribution in [0, 0.1) is 19.8 Å². The lowest BCUT2D eigenvalue weighted by molar-refractivity contribution is -0.127. The van der Waals surface area contributed by atoms with Crippen LogP contribution in [0.3, 0.4) is 0 Å². The zero-order valence-electron chi connectivity index (χ0n) is 23.5. The van der Waals surface area contributed by atoms with Crippen LogP contribution in [0.4, 0.5) is 0 Å². The monoisotopic (exact) mass is 540 g/mol. The normalized spacial score (nSPS) is 15.0. The van der Waals surface area contributed by atoms with Gasteiger partial charge in [-0.2, -0.15) is 4.98 Å². The Balaban J connectivity index is 1.20. The quantitative estimate of drug-likeness (QED) is 0.300. The topological polar surface area (TPSA) is 89.7 Å². The van der Waals surface area contributed by atoms with Crippen molar-refractivity contribution < 1.29 is 18.8 Å². The number of benzene rings is 3. The SMILES string of the molecule is COc1ccc(-c2noc(CN3CCC(C(=O)NC(c4ccccc4)c4ccc(C)cc4C)CC3)n2)cc1OC. The van der Waals surface area contributed by atoms with Crippen LogP contribution in [0.1, 0.15) is 47.0 Å². The second-order valence-electron chi connectivity index (χ2n) is 10.3.